The van der Waals surface area contributed by atoms with E-state index in [4.69, 9.17) is 5.11 Å². The highest BCUT2D eigenvalue weighted by Gasteiger charge is 2.17. The van der Waals surface area contributed by atoms with Crippen molar-refractivity contribution >= 4 is 5.97 Å². The molecule has 6 nitrogen and oxygen atoms in total. The van der Waals surface area contributed by atoms with Crippen molar-refractivity contribution in [3.8, 4) is 0 Å². The first-order valence-corrected chi connectivity index (χ1v) is 6.39. The molecular weight excluding hydrogens is 258 g/mol. The van der Waals surface area contributed by atoms with Crippen molar-refractivity contribution in [2.45, 2.75) is 33.9 Å². The van der Waals surface area contributed by atoms with Crippen LogP contribution >= 0.6 is 0 Å². The molecule has 2 rings (SSSR count). The third-order valence-electron chi connectivity index (χ3n) is 3.38. The van der Waals surface area contributed by atoms with Crippen LogP contribution in [-0.4, -0.2) is 25.2 Å². The van der Waals surface area contributed by atoms with Crippen LogP contribution in [0.5, 0.6) is 0 Å². The Kier molecular flexibility index (Phi) is 3.74. The topological polar surface area (TPSA) is 77.1 Å². The highest BCUT2D eigenvalue weighted by Crippen LogP contribution is 2.09. The molecular formula is C14H17N3O3. The number of carboxylic acids is 1. The van der Waals surface area contributed by atoms with Crippen LogP contribution in [0.2, 0.25) is 0 Å². The number of pyridine rings is 1. The molecule has 0 saturated heterocycles. The van der Waals surface area contributed by atoms with E-state index in [9.17, 15) is 9.59 Å². The van der Waals surface area contributed by atoms with Gasteiger partial charge in [-0.05, 0) is 32.4 Å². The number of hydrogen-bond donors (Lipinski definition) is 1. The van der Waals surface area contributed by atoms with Crippen molar-refractivity contribution in [1.82, 2.24) is 14.1 Å². The van der Waals surface area contributed by atoms with Gasteiger partial charge >= 0.3 is 5.97 Å². The predicted molar refractivity (Wildman–Crippen MR) is 74.1 cm³/mol. The highest BCUT2D eigenvalue weighted by atomic mass is 16.4. The van der Waals surface area contributed by atoms with E-state index in [1.54, 1.807) is 32.4 Å². The van der Waals surface area contributed by atoms with Gasteiger partial charge in [0.2, 0.25) is 0 Å². The molecule has 0 aliphatic rings. The normalized spacial score (nSPS) is 10.8. The van der Waals surface area contributed by atoms with Gasteiger partial charge in [0.25, 0.3) is 5.56 Å². The standard InChI is InChI=1S/C14H17N3O3/c1-4-16-8-15-6-11(16)7-17-10(3)5-9(2)12(13(17)18)14(19)20/h5-6,8H,4,7H2,1-3H3,(H,19,20). The van der Waals surface area contributed by atoms with Crippen molar-refractivity contribution in [3.05, 3.63) is 51.5 Å². The Morgan fingerprint density at radius 3 is 2.70 bits per heavy atom. The zero-order valence-electron chi connectivity index (χ0n) is 11.8. The maximum absolute atomic E-state index is 12.3. The average molecular weight is 275 g/mol. The summed E-state index contributed by atoms with van der Waals surface area (Å²) >= 11 is 0. The maximum Gasteiger partial charge on any atom is 0.341 e. The SMILES string of the molecule is CCn1cncc1Cn1c(C)cc(C)c(C(=O)O)c1=O. The van der Waals surface area contributed by atoms with Gasteiger partial charge in [0.05, 0.1) is 18.6 Å². The first kappa shape index (κ1) is 14.0. The van der Waals surface area contributed by atoms with E-state index in [-0.39, 0.29) is 5.56 Å². The number of aryl methyl sites for hydroxylation is 3. The van der Waals surface area contributed by atoms with E-state index in [2.05, 4.69) is 4.98 Å². The largest absolute Gasteiger partial charge is 0.477 e. The summed E-state index contributed by atoms with van der Waals surface area (Å²) in [6.07, 6.45) is 3.39. The van der Waals surface area contributed by atoms with Crippen LogP contribution in [0.25, 0.3) is 0 Å². The van der Waals surface area contributed by atoms with Gasteiger partial charge in [-0.2, -0.15) is 0 Å². The first-order chi connectivity index (χ1) is 9.45. The molecule has 1 N–H and O–H groups in total. The molecule has 20 heavy (non-hydrogen) atoms. The van der Waals surface area contributed by atoms with E-state index in [1.807, 2.05) is 11.5 Å². The number of imidazole rings is 1. The second-order valence-electron chi connectivity index (χ2n) is 4.71. The fraction of sp³-hybridized carbons (Fsp3) is 0.357. The molecule has 0 unspecified atom stereocenters. The van der Waals surface area contributed by atoms with Gasteiger partial charge < -0.3 is 14.2 Å². The first-order valence-electron chi connectivity index (χ1n) is 6.39. The van der Waals surface area contributed by atoms with Gasteiger partial charge in [-0.1, -0.05) is 0 Å². The molecule has 0 aliphatic heterocycles. The van der Waals surface area contributed by atoms with Gasteiger partial charge in [0.1, 0.15) is 5.56 Å². The number of carboxylic acid groups (broad SMARTS) is 1. The average Bonchev–Trinajstić information content (AvgIpc) is 2.80. The number of aromatic nitrogens is 3. The lowest BCUT2D eigenvalue weighted by molar-refractivity contribution is 0.0693. The van der Waals surface area contributed by atoms with Crippen molar-refractivity contribution in [1.29, 1.82) is 0 Å². The smallest absolute Gasteiger partial charge is 0.341 e. The number of aromatic carboxylic acids is 1. The zero-order valence-corrected chi connectivity index (χ0v) is 11.8. The molecule has 0 spiro atoms. The molecule has 0 aliphatic carbocycles. The molecule has 0 saturated carbocycles. The monoisotopic (exact) mass is 275 g/mol. The van der Waals surface area contributed by atoms with Crippen molar-refractivity contribution in [3.63, 3.8) is 0 Å². The molecule has 0 fully saturated rings. The highest BCUT2D eigenvalue weighted by molar-refractivity contribution is 5.88. The van der Waals surface area contributed by atoms with Gasteiger partial charge in [-0.25, -0.2) is 9.78 Å². The Morgan fingerprint density at radius 2 is 2.10 bits per heavy atom. The summed E-state index contributed by atoms with van der Waals surface area (Å²) < 4.78 is 3.39. The minimum Gasteiger partial charge on any atom is -0.477 e. The molecule has 106 valence electrons. The van der Waals surface area contributed by atoms with E-state index in [1.165, 1.54) is 4.57 Å². The second kappa shape index (κ2) is 5.32. The van der Waals surface area contributed by atoms with Crippen molar-refractivity contribution in [2.24, 2.45) is 0 Å². The maximum atomic E-state index is 12.3. The van der Waals surface area contributed by atoms with E-state index in [0.717, 1.165) is 17.9 Å². The van der Waals surface area contributed by atoms with Gasteiger partial charge in [-0.3, -0.25) is 4.79 Å². The zero-order chi connectivity index (χ0) is 14.9. The molecule has 6 heteroatoms. The Morgan fingerprint density at radius 1 is 1.40 bits per heavy atom. The van der Waals surface area contributed by atoms with E-state index < -0.39 is 11.5 Å². The summed E-state index contributed by atoms with van der Waals surface area (Å²) in [5.74, 6) is -1.19. The lowest BCUT2D eigenvalue weighted by atomic mass is 10.1. The Balaban J connectivity index is 2.55. The number of rotatable bonds is 4. The summed E-state index contributed by atoms with van der Waals surface area (Å²) in [5.41, 5.74) is 1.46. The van der Waals surface area contributed by atoms with Gasteiger partial charge in [0, 0.05) is 18.4 Å². The molecule has 0 amide bonds. The quantitative estimate of drug-likeness (QED) is 0.915. The van der Waals surface area contributed by atoms with Crippen LogP contribution in [0.15, 0.2) is 23.4 Å². The van der Waals surface area contributed by atoms with Crippen LogP contribution in [-0.2, 0) is 13.1 Å². The minimum atomic E-state index is -1.19. The number of nitrogens with zero attached hydrogens (tertiary/aromatic N) is 3. The van der Waals surface area contributed by atoms with Crippen LogP contribution in [0, 0.1) is 13.8 Å². The van der Waals surface area contributed by atoms with Gasteiger partial charge in [0.15, 0.2) is 0 Å². The summed E-state index contributed by atoms with van der Waals surface area (Å²) in [6, 6.07) is 1.72. The Bertz CT molecular complexity index is 713. The molecule has 0 radical (unpaired) electrons. The molecule has 2 heterocycles. The molecule has 0 aromatic carbocycles. The molecule has 0 atom stereocenters. The summed E-state index contributed by atoms with van der Waals surface area (Å²) in [6.45, 7) is 6.49. The van der Waals surface area contributed by atoms with E-state index >= 15 is 0 Å². The fourth-order valence-electron chi connectivity index (χ4n) is 2.31. The predicted octanol–water partition coefficient (Wildman–Crippen LogP) is 1.43. The summed E-state index contributed by atoms with van der Waals surface area (Å²) in [7, 11) is 0. The molecule has 2 aromatic rings. The van der Waals surface area contributed by atoms with Crippen LogP contribution in [0.1, 0.15) is 34.2 Å². The minimum absolute atomic E-state index is 0.168. The van der Waals surface area contributed by atoms with Crippen LogP contribution in [0.3, 0.4) is 0 Å². The van der Waals surface area contributed by atoms with Crippen LogP contribution in [0.4, 0.5) is 0 Å². The lowest BCUT2D eigenvalue weighted by Gasteiger charge is -2.13. The second-order valence-corrected chi connectivity index (χ2v) is 4.71. The third-order valence-corrected chi connectivity index (χ3v) is 3.38. The molecule has 0 bridgehead atoms. The third kappa shape index (κ3) is 2.36. The van der Waals surface area contributed by atoms with Crippen molar-refractivity contribution < 1.29 is 9.90 Å². The van der Waals surface area contributed by atoms with E-state index in [0.29, 0.717) is 12.1 Å². The lowest BCUT2D eigenvalue weighted by Crippen LogP contribution is -2.30. The Labute approximate surface area is 116 Å². The molecule has 2 aromatic heterocycles. The summed E-state index contributed by atoms with van der Waals surface area (Å²) in [5, 5.41) is 9.16. The number of hydrogen-bond acceptors (Lipinski definition) is 3. The summed E-state index contributed by atoms with van der Waals surface area (Å²) in [4.78, 5) is 27.6. The van der Waals surface area contributed by atoms with Gasteiger partial charge in [-0.15, -0.1) is 0 Å². The van der Waals surface area contributed by atoms with Crippen LogP contribution < -0.4 is 5.56 Å². The number of carbonyl (C=O) groups is 1. The van der Waals surface area contributed by atoms with Crippen molar-refractivity contribution in [2.75, 3.05) is 0 Å². The Hall–Kier alpha value is -2.37. The fourth-order valence-corrected chi connectivity index (χ4v) is 2.31.